The number of rotatable bonds is 5. The molecule has 6 heteroatoms. The molecule has 1 aliphatic carbocycles. The Morgan fingerprint density at radius 2 is 2.05 bits per heavy atom. The predicted octanol–water partition coefficient (Wildman–Crippen LogP) is 2.66. The molecule has 0 atom stereocenters. The van der Waals surface area contributed by atoms with E-state index >= 15 is 0 Å². The summed E-state index contributed by atoms with van der Waals surface area (Å²) in [5.41, 5.74) is 4.72. The first kappa shape index (κ1) is 14.8. The van der Waals surface area contributed by atoms with E-state index in [1.54, 1.807) is 4.90 Å². The third-order valence-corrected chi connectivity index (χ3v) is 3.29. The van der Waals surface area contributed by atoms with Crippen molar-refractivity contribution < 1.29 is 18.0 Å². The fourth-order valence-corrected chi connectivity index (χ4v) is 2.09. The molecule has 0 bridgehead atoms. The summed E-state index contributed by atoms with van der Waals surface area (Å²) >= 11 is 0. The van der Waals surface area contributed by atoms with E-state index in [0.717, 1.165) is 25.0 Å². The Hall–Kier alpha value is -1.56. The molecule has 0 heterocycles. The lowest BCUT2D eigenvalue weighted by atomic mass is 10.1. The summed E-state index contributed by atoms with van der Waals surface area (Å²) < 4.78 is 38.0. The van der Waals surface area contributed by atoms with Crippen LogP contribution >= 0.6 is 0 Å². The Balaban J connectivity index is 2.18. The molecule has 0 aliphatic heterocycles. The van der Waals surface area contributed by atoms with Gasteiger partial charge in [0.15, 0.2) is 0 Å². The Morgan fingerprint density at radius 1 is 1.35 bits per heavy atom. The topological polar surface area (TPSA) is 46.3 Å². The maximum atomic E-state index is 12.7. The van der Waals surface area contributed by atoms with E-state index in [0.29, 0.717) is 19.5 Å². The summed E-state index contributed by atoms with van der Waals surface area (Å²) in [6.07, 6.45) is -1.95. The zero-order valence-corrected chi connectivity index (χ0v) is 11.0. The lowest BCUT2D eigenvalue weighted by Crippen LogP contribution is -2.35. The summed E-state index contributed by atoms with van der Waals surface area (Å²) in [4.78, 5) is 14.0. The van der Waals surface area contributed by atoms with Crippen LogP contribution in [0.25, 0.3) is 0 Å². The van der Waals surface area contributed by atoms with Crippen molar-refractivity contribution in [1.82, 2.24) is 4.90 Å². The monoisotopic (exact) mass is 286 g/mol. The van der Waals surface area contributed by atoms with Gasteiger partial charge in [-0.3, -0.25) is 4.79 Å². The van der Waals surface area contributed by atoms with E-state index in [2.05, 4.69) is 0 Å². The van der Waals surface area contributed by atoms with Gasteiger partial charge in [0.25, 0.3) is 5.91 Å². The van der Waals surface area contributed by atoms with Gasteiger partial charge in [0.05, 0.1) is 5.56 Å². The van der Waals surface area contributed by atoms with Crippen molar-refractivity contribution in [2.45, 2.75) is 31.5 Å². The van der Waals surface area contributed by atoms with Crippen molar-refractivity contribution in [2.24, 2.45) is 5.73 Å². The van der Waals surface area contributed by atoms with E-state index in [-0.39, 0.29) is 17.5 Å². The lowest BCUT2D eigenvalue weighted by Gasteiger charge is -2.22. The van der Waals surface area contributed by atoms with Gasteiger partial charge >= 0.3 is 6.18 Å². The number of halogens is 3. The van der Waals surface area contributed by atoms with Gasteiger partial charge in [0.1, 0.15) is 0 Å². The summed E-state index contributed by atoms with van der Waals surface area (Å²) in [5, 5.41) is 0. The third-order valence-electron chi connectivity index (χ3n) is 3.29. The van der Waals surface area contributed by atoms with E-state index in [4.69, 9.17) is 5.73 Å². The molecule has 3 nitrogen and oxygen atoms in total. The van der Waals surface area contributed by atoms with Gasteiger partial charge < -0.3 is 10.6 Å². The number of benzene rings is 1. The molecule has 20 heavy (non-hydrogen) atoms. The molecule has 1 fully saturated rings. The molecule has 0 unspecified atom stereocenters. The van der Waals surface area contributed by atoms with Crippen molar-refractivity contribution in [3.8, 4) is 0 Å². The molecule has 1 amide bonds. The second-order valence-electron chi connectivity index (χ2n) is 4.95. The molecule has 1 aromatic carbocycles. The van der Waals surface area contributed by atoms with Crippen LogP contribution in [0, 0.1) is 0 Å². The van der Waals surface area contributed by atoms with Crippen LogP contribution in [0.1, 0.15) is 35.2 Å². The number of carbonyl (C=O) groups excluding carboxylic acids is 1. The second-order valence-corrected chi connectivity index (χ2v) is 4.95. The molecule has 1 aromatic rings. The minimum Gasteiger partial charge on any atom is -0.336 e. The molecule has 2 rings (SSSR count). The van der Waals surface area contributed by atoms with Crippen molar-refractivity contribution in [3.63, 3.8) is 0 Å². The van der Waals surface area contributed by atoms with Gasteiger partial charge in [-0.05, 0) is 44.0 Å². The number of alkyl halides is 3. The van der Waals surface area contributed by atoms with Gasteiger partial charge in [-0.25, -0.2) is 0 Å². The SMILES string of the molecule is NCCCN(C(=O)c1cccc(C(F)(F)F)c1)C1CC1. The molecule has 0 spiro atoms. The quantitative estimate of drug-likeness (QED) is 0.904. The first-order valence-corrected chi connectivity index (χ1v) is 6.62. The summed E-state index contributed by atoms with van der Waals surface area (Å²) in [6.45, 7) is 0.954. The molecule has 2 N–H and O–H groups in total. The number of amides is 1. The molecule has 0 aromatic heterocycles. The molecule has 0 radical (unpaired) electrons. The standard InChI is InChI=1S/C14H17F3N2O/c15-14(16,17)11-4-1-3-10(9-11)13(20)19(8-2-7-18)12-5-6-12/h1,3-4,9,12H,2,5-8,18H2. The van der Waals surface area contributed by atoms with Crippen LogP contribution in [0.5, 0.6) is 0 Å². The highest BCUT2D eigenvalue weighted by Gasteiger charge is 2.34. The Morgan fingerprint density at radius 3 is 2.60 bits per heavy atom. The van der Waals surface area contributed by atoms with E-state index in [1.807, 2.05) is 0 Å². The minimum atomic E-state index is -4.43. The fraction of sp³-hybridized carbons (Fsp3) is 0.500. The maximum absolute atomic E-state index is 12.7. The van der Waals surface area contributed by atoms with E-state index in [9.17, 15) is 18.0 Å². The molecular formula is C14H17F3N2O. The number of hydrogen-bond donors (Lipinski definition) is 1. The average Bonchev–Trinajstić information content (AvgIpc) is 3.23. The molecule has 1 saturated carbocycles. The third kappa shape index (κ3) is 3.50. The summed E-state index contributed by atoms with van der Waals surface area (Å²) in [6, 6.07) is 4.74. The Labute approximate surface area is 115 Å². The van der Waals surface area contributed by atoms with E-state index in [1.165, 1.54) is 12.1 Å². The average molecular weight is 286 g/mol. The smallest absolute Gasteiger partial charge is 0.336 e. The Kier molecular flexibility index (Phi) is 4.32. The van der Waals surface area contributed by atoms with Gasteiger partial charge in [-0.2, -0.15) is 13.2 Å². The first-order chi connectivity index (χ1) is 9.43. The number of nitrogens with zero attached hydrogens (tertiary/aromatic N) is 1. The first-order valence-electron chi connectivity index (χ1n) is 6.62. The summed E-state index contributed by atoms with van der Waals surface area (Å²) in [5.74, 6) is -0.341. The van der Waals surface area contributed by atoms with Crippen LogP contribution in [0.2, 0.25) is 0 Å². The van der Waals surface area contributed by atoms with Crippen molar-refractivity contribution in [2.75, 3.05) is 13.1 Å². The van der Waals surface area contributed by atoms with Crippen LogP contribution in [-0.4, -0.2) is 29.9 Å². The van der Waals surface area contributed by atoms with Crippen LogP contribution in [0.15, 0.2) is 24.3 Å². The molecule has 0 saturated heterocycles. The second kappa shape index (κ2) is 5.83. The minimum absolute atomic E-state index is 0.0868. The molecule has 110 valence electrons. The van der Waals surface area contributed by atoms with Crippen molar-refractivity contribution in [1.29, 1.82) is 0 Å². The van der Waals surface area contributed by atoms with Crippen LogP contribution in [0.3, 0.4) is 0 Å². The molecule has 1 aliphatic rings. The normalized spacial score (nSPS) is 15.2. The zero-order chi connectivity index (χ0) is 14.8. The predicted molar refractivity (Wildman–Crippen MR) is 69.2 cm³/mol. The van der Waals surface area contributed by atoms with Crippen LogP contribution in [0.4, 0.5) is 13.2 Å². The summed E-state index contributed by atoms with van der Waals surface area (Å²) in [7, 11) is 0. The largest absolute Gasteiger partial charge is 0.416 e. The van der Waals surface area contributed by atoms with Crippen LogP contribution < -0.4 is 5.73 Å². The highest BCUT2D eigenvalue weighted by Crippen LogP contribution is 2.31. The fourth-order valence-electron chi connectivity index (χ4n) is 2.09. The van der Waals surface area contributed by atoms with Gasteiger partial charge in [-0.1, -0.05) is 6.07 Å². The van der Waals surface area contributed by atoms with Crippen molar-refractivity contribution >= 4 is 5.91 Å². The zero-order valence-electron chi connectivity index (χ0n) is 11.0. The number of hydrogen-bond acceptors (Lipinski definition) is 2. The van der Waals surface area contributed by atoms with Gasteiger partial charge in [0, 0.05) is 18.2 Å². The van der Waals surface area contributed by atoms with E-state index < -0.39 is 11.7 Å². The number of nitrogens with two attached hydrogens (primary N) is 1. The van der Waals surface area contributed by atoms with Crippen molar-refractivity contribution in [3.05, 3.63) is 35.4 Å². The van der Waals surface area contributed by atoms with Crippen LogP contribution in [-0.2, 0) is 6.18 Å². The lowest BCUT2D eigenvalue weighted by molar-refractivity contribution is -0.137. The number of carbonyl (C=O) groups is 1. The highest BCUT2D eigenvalue weighted by molar-refractivity contribution is 5.94. The maximum Gasteiger partial charge on any atom is 0.416 e. The Bertz CT molecular complexity index is 484. The van der Waals surface area contributed by atoms with Gasteiger partial charge in [-0.15, -0.1) is 0 Å². The molecular weight excluding hydrogens is 269 g/mol. The highest BCUT2D eigenvalue weighted by atomic mass is 19.4. The van der Waals surface area contributed by atoms with Gasteiger partial charge in [0.2, 0.25) is 0 Å².